The van der Waals surface area contributed by atoms with Gasteiger partial charge < -0.3 is 19.8 Å². The third-order valence-corrected chi connectivity index (χ3v) is 4.07. The molecule has 0 aliphatic carbocycles. The summed E-state index contributed by atoms with van der Waals surface area (Å²) in [7, 11) is 0. The third-order valence-electron chi connectivity index (χ3n) is 4.07. The number of carbonyl (C=O) groups excluding carboxylic acids is 1. The summed E-state index contributed by atoms with van der Waals surface area (Å²) in [5.41, 5.74) is 4.53. The van der Waals surface area contributed by atoms with Crippen LogP contribution in [0.4, 0.5) is 5.69 Å². The van der Waals surface area contributed by atoms with E-state index in [2.05, 4.69) is 15.4 Å². The number of hydrogen-bond acceptors (Lipinski definition) is 6. The van der Waals surface area contributed by atoms with Crippen LogP contribution in [0.3, 0.4) is 0 Å². The van der Waals surface area contributed by atoms with E-state index in [1.165, 1.54) is 12.3 Å². The predicted octanol–water partition coefficient (Wildman–Crippen LogP) is 1.63. The van der Waals surface area contributed by atoms with Crippen LogP contribution in [0.1, 0.15) is 11.1 Å². The number of phenols is 2. The van der Waals surface area contributed by atoms with E-state index in [9.17, 15) is 15.0 Å². The Labute approximate surface area is 151 Å². The second kappa shape index (κ2) is 8.35. The first-order valence-electron chi connectivity index (χ1n) is 8.38. The predicted molar refractivity (Wildman–Crippen MR) is 98.7 cm³/mol. The van der Waals surface area contributed by atoms with Crippen molar-refractivity contribution in [2.45, 2.75) is 6.42 Å². The Hall–Kier alpha value is -3.06. The summed E-state index contributed by atoms with van der Waals surface area (Å²) in [6.07, 6.45) is 1.54. The van der Waals surface area contributed by atoms with Crippen molar-refractivity contribution in [2.24, 2.45) is 5.10 Å². The highest BCUT2D eigenvalue weighted by atomic mass is 16.5. The average molecular weight is 355 g/mol. The molecule has 0 saturated carbocycles. The first-order chi connectivity index (χ1) is 12.6. The molecular weight excluding hydrogens is 334 g/mol. The van der Waals surface area contributed by atoms with Crippen molar-refractivity contribution in [1.82, 2.24) is 5.43 Å². The number of amides is 1. The molecular formula is C19H21N3O4. The van der Waals surface area contributed by atoms with Gasteiger partial charge in [-0.25, -0.2) is 5.43 Å². The van der Waals surface area contributed by atoms with Crippen LogP contribution in [0.25, 0.3) is 0 Å². The van der Waals surface area contributed by atoms with E-state index in [1.54, 1.807) is 30.3 Å². The number of hydrogen-bond donors (Lipinski definition) is 3. The molecule has 0 spiro atoms. The van der Waals surface area contributed by atoms with Crippen molar-refractivity contribution < 1.29 is 19.7 Å². The molecule has 7 nitrogen and oxygen atoms in total. The maximum Gasteiger partial charge on any atom is 0.244 e. The van der Waals surface area contributed by atoms with Crippen molar-refractivity contribution in [2.75, 3.05) is 31.2 Å². The molecule has 1 saturated heterocycles. The van der Waals surface area contributed by atoms with Gasteiger partial charge in [-0.05, 0) is 29.8 Å². The minimum absolute atomic E-state index is 0.0972. The molecule has 2 aromatic rings. The number of hydrazone groups is 1. The zero-order valence-corrected chi connectivity index (χ0v) is 14.3. The van der Waals surface area contributed by atoms with Crippen LogP contribution in [0.2, 0.25) is 0 Å². The molecule has 26 heavy (non-hydrogen) atoms. The quantitative estimate of drug-likeness (QED) is 0.560. The first-order valence-corrected chi connectivity index (χ1v) is 8.38. The van der Waals surface area contributed by atoms with Crippen molar-refractivity contribution in [3.05, 3.63) is 53.6 Å². The number of aromatic hydroxyl groups is 2. The fourth-order valence-electron chi connectivity index (χ4n) is 2.81. The Balaban J connectivity index is 1.67. The lowest BCUT2D eigenvalue weighted by Gasteiger charge is -2.30. The molecule has 0 aromatic heterocycles. The maximum atomic E-state index is 12.0. The van der Waals surface area contributed by atoms with Gasteiger partial charge in [0.05, 0.1) is 31.4 Å². The topological polar surface area (TPSA) is 94.4 Å². The van der Waals surface area contributed by atoms with Crippen molar-refractivity contribution in [1.29, 1.82) is 0 Å². The van der Waals surface area contributed by atoms with Crippen LogP contribution < -0.4 is 10.3 Å². The average Bonchev–Trinajstić information content (AvgIpc) is 2.64. The van der Waals surface area contributed by atoms with Gasteiger partial charge in [-0.2, -0.15) is 5.10 Å². The number of nitrogens with zero attached hydrogens (tertiary/aromatic N) is 2. The van der Waals surface area contributed by atoms with Crippen molar-refractivity contribution in [3.8, 4) is 11.5 Å². The second-order valence-electron chi connectivity index (χ2n) is 5.95. The molecule has 1 heterocycles. The molecule has 3 N–H and O–H groups in total. The van der Waals surface area contributed by atoms with Crippen LogP contribution in [0, 0.1) is 0 Å². The number of carbonyl (C=O) groups is 1. The fourth-order valence-corrected chi connectivity index (χ4v) is 2.81. The van der Waals surface area contributed by atoms with Gasteiger partial charge in [0.2, 0.25) is 5.91 Å². The van der Waals surface area contributed by atoms with E-state index in [0.717, 1.165) is 18.8 Å². The Morgan fingerprint density at radius 2 is 1.96 bits per heavy atom. The number of anilines is 1. The standard InChI is InChI=1S/C19H21N3O4/c23-15-4-1-3-14(11-15)12-19(25)21-20-13-16-17(5-2-6-18(16)24)22-7-9-26-10-8-22/h1-6,11,13,23-24H,7-10,12H2,(H,21,25)/b20-13+. The van der Waals surface area contributed by atoms with E-state index < -0.39 is 0 Å². The summed E-state index contributed by atoms with van der Waals surface area (Å²) in [4.78, 5) is 14.1. The summed E-state index contributed by atoms with van der Waals surface area (Å²) in [5, 5.41) is 23.6. The molecule has 0 radical (unpaired) electrons. The lowest BCUT2D eigenvalue weighted by molar-refractivity contribution is -0.120. The van der Waals surface area contributed by atoms with Crippen LogP contribution in [0.5, 0.6) is 11.5 Å². The van der Waals surface area contributed by atoms with Gasteiger partial charge >= 0.3 is 0 Å². The van der Waals surface area contributed by atoms with Crippen LogP contribution >= 0.6 is 0 Å². The highest BCUT2D eigenvalue weighted by Gasteiger charge is 2.16. The molecule has 7 heteroatoms. The largest absolute Gasteiger partial charge is 0.508 e. The van der Waals surface area contributed by atoms with E-state index in [4.69, 9.17) is 4.74 Å². The number of rotatable bonds is 5. The summed E-state index contributed by atoms with van der Waals surface area (Å²) in [6.45, 7) is 2.72. The van der Waals surface area contributed by atoms with Gasteiger partial charge in [0.25, 0.3) is 0 Å². The van der Waals surface area contributed by atoms with Gasteiger partial charge in [-0.3, -0.25) is 4.79 Å². The molecule has 1 amide bonds. The minimum atomic E-state index is -0.310. The van der Waals surface area contributed by atoms with Crippen molar-refractivity contribution >= 4 is 17.8 Å². The van der Waals surface area contributed by atoms with Crippen LogP contribution in [0.15, 0.2) is 47.6 Å². The van der Waals surface area contributed by atoms with Gasteiger partial charge in [-0.15, -0.1) is 0 Å². The summed E-state index contributed by atoms with van der Waals surface area (Å²) in [6, 6.07) is 11.8. The summed E-state index contributed by atoms with van der Waals surface area (Å²) < 4.78 is 5.36. The number of ether oxygens (including phenoxy) is 1. The molecule has 0 atom stereocenters. The van der Waals surface area contributed by atoms with E-state index in [1.807, 2.05) is 6.07 Å². The molecule has 0 bridgehead atoms. The van der Waals surface area contributed by atoms with E-state index >= 15 is 0 Å². The second-order valence-corrected chi connectivity index (χ2v) is 5.95. The van der Waals surface area contributed by atoms with Gasteiger partial charge in [0.1, 0.15) is 11.5 Å². The highest BCUT2D eigenvalue weighted by molar-refractivity contribution is 5.92. The fraction of sp³-hybridized carbons (Fsp3) is 0.263. The van der Waals surface area contributed by atoms with Gasteiger partial charge in [0, 0.05) is 18.8 Å². The third kappa shape index (κ3) is 4.52. The molecule has 3 rings (SSSR count). The van der Waals surface area contributed by atoms with Gasteiger partial charge in [-0.1, -0.05) is 18.2 Å². The molecule has 1 aliphatic heterocycles. The monoisotopic (exact) mass is 355 g/mol. The number of benzene rings is 2. The van der Waals surface area contributed by atoms with E-state index in [0.29, 0.717) is 24.3 Å². The molecule has 1 fully saturated rings. The number of phenolic OH excluding ortho intramolecular Hbond substituents is 2. The summed E-state index contributed by atoms with van der Waals surface area (Å²) >= 11 is 0. The highest BCUT2D eigenvalue weighted by Crippen LogP contribution is 2.27. The SMILES string of the molecule is O=C(Cc1cccc(O)c1)N/N=C/c1c(O)cccc1N1CCOCC1. The maximum absolute atomic E-state index is 12.0. The smallest absolute Gasteiger partial charge is 0.244 e. The summed E-state index contributed by atoms with van der Waals surface area (Å²) in [5.74, 6) is -0.0988. The van der Waals surface area contributed by atoms with Crippen molar-refractivity contribution in [3.63, 3.8) is 0 Å². The first kappa shape index (κ1) is 17.8. The van der Waals surface area contributed by atoms with Crippen LogP contribution in [-0.4, -0.2) is 48.6 Å². The van der Waals surface area contributed by atoms with Crippen LogP contribution in [-0.2, 0) is 16.0 Å². The van der Waals surface area contributed by atoms with E-state index in [-0.39, 0.29) is 23.8 Å². The minimum Gasteiger partial charge on any atom is -0.508 e. The zero-order chi connectivity index (χ0) is 18.4. The number of morpholine rings is 1. The normalized spacial score (nSPS) is 14.5. The molecule has 2 aromatic carbocycles. The van der Waals surface area contributed by atoms with Gasteiger partial charge in [0.15, 0.2) is 0 Å². The lowest BCUT2D eigenvalue weighted by atomic mass is 10.1. The molecule has 1 aliphatic rings. The number of nitrogens with one attached hydrogen (secondary N) is 1. The zero-order valence-electron chi connectivity index (χ0n) is 14.3. The molecule has 0 unspecified atom stereocenters. The molecule has 136 valence electrons. The Morgan fingerprint density at radius 3 is 2.73 bits per heavy atom. The Kier molecular flexibility index (Phi) is 5.70. The Morgan fingerprint density at radius 1 is 1.19 bits per heavy atom. The lowest BCUT2D eigenvalue weighted by Crippen LogP contribution is -2.36. The Bertz CT molecular complexity index is 801.